The molecule has 27 heavy (non-hydrogen) atoms. The number of benzene rings is 1. The summed E-state index contributed by atoms with van der Waals surface area (Å²) in [6, 6.07) is 5.24. The summed E-state index contributed by atoms with van der Waals surface area (Å²) in [6.45, 7) is 0. The van der Waals surface area contributed by atoms with E-state index in [1.807, 2.05) is 0 Å². The van der Waals surface area contributed by atoms with E-state index in [2.05, 4.69) is 10.6 Å². The van der Waals surface area contributed by atoms with E-state index >= 15 is 0 Å². The van der Waals surface area contributed by atoms with Gasteiger partial charge in [-0.25, -0.2) is 4.79 Å². The summed E-state index contributed by atoms with van der Waals surface area (Å²) in [5, 5.41) is 7.90. The van der Waals surface area contributed by atoms with Crippen LogP contribution in [0.25, 0.3) is 0 Å². The molecule has 1 aromatic heterocycles. The number of anilines is 2. The van der Waals surface area contributed by atoms with Crippen LogP contribution in [0.15, 0.2) is 18.2 Å². The van der Waals surface area contributed by atoms with Crippen LogP contribution >= 0.6 is 35.2 Å². The Bertz CT molecular complexity index is 867. The number of rotatable bonds is 4. The highest BCUT2D eigenvalue weighted by Gasteiger charge is 2.25. The van der Waals surface area contributed by atoms with Gasteiger partial charge in [0.2, 0.25) is 0 Å². The Kier molecular flexibility index (Phi) is 6.57. The first-order chi connectivity index (χ1) is 13.0. The predicted molar refractivity (Wildman–Crippen MR) is 115 cm³/mol. The molecule has 0 saturated carbocycles. The highest BCUT2D eigenvalue weighted by molar-refractivity contribution is 7.80. The first-order valence-corrected chi connectivity index (χ1v) is 10.3. The molecular weight excluding hydrogens is 404 g/mol. The van der Waals surface area contributed by atoms with Crippen molar-refractivity contribution in [2.24, 2.45) is 0 Å². The number of halogens is 1. The molecule has 2 N–H and O–H groups in total. The zero-order chi connectivity index (χ0) is 19.4. The molecule has 0 aliphatic heterocycles. The topological polar surface area (TPSA) is 59.6 Å². The molecule has 1 aromatic carbocycles. The number of aryl methyl sites for hydroxylation is 1. The van der Waals surface area contributed by atoms with Gasteiger partial charge in [0.05, 0.1) is 25.5 Å². The number of ether oxygens (including phenoxy) is 2. The first-order valence-electron chi connectivity index (χ1n) is 8.68. The van der Waals surface area contributed by atoms with E-state index in [0.29, 0.717) is 32.1 Å². The lowest BCUT2D eigenvalue weighted by Crippen LogP contribution is -2.20. The molecule has 8 heteroatoms. The molecule has 144 valence electrons. The van der Waals surface area contributed by atoms with Crippen LogP contribution in [0, 0.1) is 0 Å². The van der Waals surface area contributed by atoms with E-state index in [9.17, 15) is 4.79 Å². The second-order valence-corrected chi connectivity index (χ2v) is 8.13. The molecule has 5 nitrogen and oxygen atoms in total. The summed E-state index contributed by atoms with van der Waals surface area (Å²) >= 11 is 13.1. The number of carbonyl (C=O) groups excluding carboxylic acids is 1. The molecule has 1 heterocycles. The molecule has 0 fully saturated rings. The summed E-state index contributed by atoms with van der Waals surface area (Å²) in [6.07, 6.45) is 5.26. The molecule has 0 amide bonds. The number of nitrogens with one attached hydrogen (secondary N) is 2. The Balaban J connectivity index is 1.86. The maximum Gasteiger partial charge on any atom is 0.341 e. The number of methoxy groups -OCH3 is 2. The Morgan fingerprint density at radius 1 is 1.19 bits per heavy atom. The third-order valence-corrected chi connectivity index (χ3v) is 6.09. The highest BCUT2D eigenvalue weighted by atomic mass is 35.5. The lowest BCUT2D eigenvalue weighted by Gasteiger charge is -2.14. The number of hydrogen-bond acceptors (Lipinski definition) is 5. The number of fused-ring (bicyclic) bond motifs is 1. The van der Waals surface area contributed by atoms with Crippen molar-refractivity contribution >= 4 is 56.9 Å². The molecule has 3 rings (SSSR count). The van der Waals surface area contributed by atoms with Gasteiger partial charge >= 0.3 is 5.97 Å². The fourth-order valence-electron chi connectivity index (χ4n) is 3.18. The predicted octanol–water partition coefficient (Wildman–Crippen LogP) is 5.27. The van der Waals surface area contributed by atoms with Crippen molar-refractivity contribution in [2.75, 3.05) is 24.9 Å². The van der Waals surface area contributed by atoms with Gasteiger partial charge in [-0.05, 0) is 61.7 Å². The minimum atomic E-state index is -0.333. The van der Waals surface area contributed by atoms with Gasteiger partial charge in [0.15, 0.2) is 5.11 Å². The van der Waals surface area contributed by atoms with Crippen LogP contribution in [-0.2, 0) is 17.6 Å². The number of esters is 1. The van der Waals surface area contributed by atoms with Crippen molar-refractivity contribution in [2.45, 2.75) is 32.1 Å². The van der Waals surface area contributed by atoms with Gasteiger partial charge in [-0.2, -0.15) is 0 Å². The summed E-state index contributed by atoms with van der Waals surface area (Å²) in [5.41, 5.74) is 2.34. The molecular formula is C19H21ClN2O3S2. The molecule has 0 spiro atoms. The van der Waals surface area contributed by atoms with Crippen LogP contribution in [-0.4, -0.2) is 25.3 Å². The molecule has 0 unspecified atom stereocenters. The standard InChI is InChI=1S/C19H21ClN2O3S2/c1-24-14-9-8-11(20)10-13(14)21-19(26)22-17-16(18(23)25-2)12-6-4-3-5-7-15(12)27-17/h8-10H,3-7H2,1-2H3,(H2,21,22,26). The van der Waals surface area contributed by atoms with Crippen LogP contribution in [0.1, 0.15) is 40.1 Å². The van der Waals surface area contributed by atoms with E-state index in [0.717, 1.165) is 31.2 Å². The minimum absolute atomic E-state index is 0.333. The summed E-state index contributed by atoms with van der Waals surface area (Å²) in [7, 11) is 2.98. The molecule has 0 bridgehead atoms. The number of thiophene rings is 1. The van der Waals surface area contributed by atoms with Gasteiger partial charge < -0.3 is 20.1 Å². The van der Waals surface area contributed by atoms with Crippen molar-refractivity contribution < 1.29 is 14.3 Å². The number of carbonyl (C=O) groups is 1. The second-order valence-electron chi connectivity index (χ2n) is 6.18. The highest BCUT2D eigenvalue weighted by Crippen LogP contribution is 2.38. The summed E-state index contributed by atoms with van der Waals surface area (Å²) < 4.78 is 10.4. The smallest absolute Gasteiger partial charge is 0.341 e. The van der Waals surface area contributed by atoms with Gasteiger partial charge in [-0.1, -0.05) is 18.0 Å². The van der Waals surface area contributed by atoms with Gasteiger partial charge in [0, 0.05) is 9.90 Å². The molecule has 0 saturated heterocycles. The van der Waals surface area contributed by atoms with Crippen LogP contribution in [0.2, 0.25) is 5.02 Å². The monoisotopic (exact) mass is 424 g/mol. The van der Waals surface area contributed by atoms with Crippen molar-refractivity contribution in [1.29, 1.82) is 0 Å². The molecule has 0 atom stereocenters. The Morgan fingerprint density at radius 2 is 1.96 bits per heavy atom. The first kappa shape index (κ1) is 19.9. The van der Waals surface area contributed by atoms with Gasteiger partial charge in [-0.15, -0.1) is 11.3 Å². The molecule has 1 aliphatic rings. The van der Waals surface area contributed by atoms with Crippen LogP contribution in [0.4, 0.5) is 10.7 Å². The fourth-order valence-corrected chi connectivity index (χ4v) is 4.91. The zero-order valence-electron chi connectivity index (χ0n) is 15.2. The summed E-state index contributed by atoms with van der Waals surface area (Å²) in [5.74, 6) is 0.290. The number of thiocarbonyl (C=S) groups is 1. The van der Waals surface area contributed by atoms with Gasteiger partial charge in [0.25, 0.3) is 0 Å². The maximum atomic E-state index is 12.4. The van der Waals surface area contributed by atoms with Crippen LogP contribution in [0.5, 0.6) is 5.75 Å². The van der Waals surface area contributed by atoms with E-state index in [4.69, 9.17) is 33.3 Å². The average Bonchev–Trinajstić information content (AvgIpc) is 2.82. The molecule has 1 aliphatic carbocycles. The van der Waals surface area contributed by atoms with Crippen molar-refractivity contribution in [3.8, 4) is 5.75 Å². The lowest BCUT2D eigenvalue weighted by atomic mass is 10.1. The zero-order valence-corrected chi connectivity index (χ0v) is 17.6. The van der Waals surface area contributed by atoms with Gasteiger partial charge in [-0.3, -0.25) is 0 Å². The molecule has 2 aromatic rings. The quantitative estimate of drug-likeness (QED) is 0.396. The average molecular weight is 425 g/mol. The minimum Gasteiger partial charge on any atom is -0.495 e. The normalized spacial score (nSPS) is 13.3. The third-order valence-electron chi connectivity index (χ3n) is 4.45. The fraction of sp³-hybridized carbons (Fsp3) is 0.368. The second kappa shape index (κ2) is 8.91. The SMILES string of the molecule is COC(=O)c1c(NC(=S)Nc2cc(Cl)ccc2OC)sc2c1CCCCC2. The van der Waals surface area contributed by atoms with Crippen LogP contribution in [0.3, 0.4) is 0 Å². The largest absolute Gasteiger partial charge is 0.495 e. The van der Waals surface area contributed by atoms with E-state index in [1.54, 1.807) is 36.6 Å². The lowest BCUT2D eigenvalue weighted by molar-refractivity contribution is 0.0601. The van der Waals surface area contributed by atoms with E-state index < -0.39 is 0 Å². The van der Waals surface area contributed by atoms with E-state index in [1.165, 1.54) is 18.4 Å². The van der Waals surface area contributed by atoms with Gasteiger partial charge in [0.1, 0.15) is 10.8 Å². The Morgan fingerprint density at radius 3 is 2.70 bits per heavy atom. The van der Waals surface area contributed by atoms with E-state index in [-0.39, 0.29) is 5.97 Å². The van der Waals surface area contributed by atoms with Crippen molar-refractivity contribution in [3.05, 3.63) is 39.2 Å². The Hall–Kier alpha value is -1.83. The van der Waals surface area contributed by atoms with Crippen molar-refractivity contribution in [3.63, 3.8) is 0 Å². The molecule has 0 radical (unpaired) electrons. The van der Waals surface area contributed by atoms with Crippen LogP contribution < -0.4 is 15.4 Å². The van der Waals surface area contributed by atoms with Crippen molar-refractivity contribution in [1.82, 2.24) is 0 Å². The maximum absolute atomic E-state index is 12.4. The number of hydrogen-bond donors (Lipinski definition) is 2. The summed E-state index contributed by atoms with van der Waals surface area (Å²) in [4.78, 5) is 13.6. The third kappa shape index (κ3) is 4.54. The Labute approximate surface area is 173 Å².